The summed E-state index contributed by atoms with van der Waals surface area (Å²) >= 11 is 0. The van der Waals surface area contributed by atoms with Gasteiger partial charge in [0, 0.05) is 17.8 Å². The Morgan fingerprint density at radius 3 is 2.50 bits per heavy atom. The van der Waals surface area contributed by atoms with Gasteiger partial charge in [-0.3, -0.25) is 4.57 Å². The molecule has 0 saturated carbocycles. The van der Waals surface area contributed by atoms with Gasteiger partial charge in [-0.15, -0.1) is 10.2 Å². The fourth-order valence-electron chi connectivity index (χ4n) is 4.08. The van der Waals surface area contributed by atoms with Gasteiger partial charge in [0.15, 0.2) is 0 Å². The molecule has 0 aliphatic heterocycles. The van der Waals surface area contributed by atoms with E-state index in [0.29, 0.717) is 22.8 Å². The van der Waals surface area contributed by atoms with E-state index < -0.39 is 5.97 Å². The van der Waals surface area contributed by atoms with Gasteiger partial charge in [-0.25, -0.2) is 9.78 Å². The van der Waals surface area contributed by atoms with Crippen LogP contribution in [0.3, 0.4) is 0 Å². The Morgan fingerprint density at radius 1 is 1.06 bits per heavy atom. The average molecular weight is 454 g/mol. The molecule has 0 fully saturated rings. The van der Waals surface area contributed by atoms with Crippen LogP contribution in [-0.2, 0) is 0 Å². The van der Waals surface area contributed by atoms with Crippen molar-refractivity contribution in [1.82, 2.24) is 30.2 Å². The zero-order valence-electron chi connectivity index (χ0n) is 18.8. The maximum absolute atomic E-state index is 12.0. The number of tetrazole rings is 1. The summed E-state index contributed by atoms with van der Waals surface area (Å²) in [6.45, 7) is 4.73. The lowest BCUT2D eigenvalue weighted by Gasteiger charge is -2.13. The first kappa shape index (κ1) is 21.3. The number of carboxylic acid groups (broad SMARTS) is 1. The van der Waals surface area contributed by atoms with Crippen LogP contribution in [0.4, 0.5) is 5.95 Å². The second-order valence-electron chi connectivity index (χ2n) is 7.96. The molecule has 9 heteroatoms. The zero-order chi connectivity index (χ0) is 23.7. The van der Waals surface area contributed by atoms with Gasteiger partial charge in [-0.2, -0.15) is 5.21 Å². The number of aromatic carboxylic acids is 1. The summed E-state index contributed by atoms with van der Waals surface area (Å²) in [6.07, 6.45) is 0.916. The first-order valence-electron chi connectivity index (χ1n) is 11.0. The molecular weight excluding hydrogens is 430 g/mol. The Balaban J connectivity index is 1.66. The summed E-state index contributed by atoms with van der Waals surface area (Å²) < 4.78 is 1.89. The molecule has 0 aliphatic carbocycles. The van der Waals surface area contributed by atoms with E-state index in [1.165, 1.54) is 0 Å². The molecule has 5 aromatic rings. The van der Waals surface area contributed by atoms with Crippen molar-refractivity contribution in [2.75, 3.05) is 11.9 Å². The largest absolute Gasteiger partial charge is 0.478 e. The third-order valence-corrected chi connectivity index (χ3v) is 5.72. The van der Waals surface area contributed by atoms with Crippen molar-refractivity contribution in [3.63, 3.8) is 0 Å². The number of H-pyrrole nitrogens is 1. The van der Waals surface area contributed by atoms with E-state index in [-0.39, 0.29) is 5.56 Å². The fourth-order valence-corrected chi connectivity index (χ4v) is 4.08. The van der Waals surface area contributed by atoms with Gasteiger partial charge in [0.05, 0.1) is 16.6 Å². The van der Waals surface area contributed by atoms with E-state index in [4.69, 9.17) is 4.98 Å². The number of fused-ring (bicyclic) bond motifs is 1. The van der Waals surface area contributed by atoms with Crippen LogP contribution in [0.15, 0.2) is 60.7 Å². The molecule has 170 valence electrons. The number of nitrogens with zero attached hydrogens (tertiary/aromatic N) is 5. The topological polar surface area (TPSA) is 122 Å². The van der Waals surface area contributed by atoms with Crippen LogP contribution in [0.25, 0.3) is 39.2 Å². The number of anilines is 1. The molecule has 0 aliphatic rings. The SMILES string of the molecule is CCCNc1nc2c(C)ccc(C(=O)O)c2n1-c1ccc(-c2ccccc2-c2nn[nH]n2)cc1. The monoisotopic (exact) mass is 453 g/mol. The summed E-state index contributed by atoms with van der Waals surface area (Å²) in [5, 5.41) is 27.6. The lowest BCUT2D eigenvalue weighted by atomic mass is 9.99. The van der Waals surface area contributed by atoms with Gasteiger partial charge < -0.3 is 10.4 Å². The van der Waals surface area contributed by atoms with Gasteiger partial charge in [0.25, 0.3) is 0 Å². The minimum absolute atomic E-state index is 0.212. The Morgan fingerprint density at radius 2 is 1.82 bits per heavy atom. The molecule has 9 nitrogen and oxygen atoms in total. The number of nitrogens with one attached hydrogen (secondary N) is 2. The van der Waals surface area contributed by atoms with Crippen LogP contribution in [0.2, 0.25) is 0 Å². The third-order valence-electron chi connectivity index (χ3n) is 5.72. The summed E-state index contributed by atoms with van der Waals surface area (Å²) in [6, 6.07) is 19.2. The second kappa shape index (κ2) is 8.78. The first-order valence-corrected chi connectivity index (χ1v) is 11.0. The Hall–Kier alpha value is -4.53. The summed E-state index contributed by atoms with van der Waals surface area (Å²) in [7, 11) is 0. The molecule has 5 rings (SSSR count). The molecule has 0 radical (unpaired) electrons. The van der Waals surface area contributed by atoms with Gasteiger partial charge in [-0.1, -0.05) is 49.4 Å². The molecule has 3 aromatic carbocycles. The lowest BCUT2D eigenvalue weighted by Crippen LogP contribution is -2.08. The number of benzene rings is 3. The van der Waals surface area contributed by atoms with E-state index in [2.05, 4.69) is 32.9 Å². The highest BCUT2D eigenvalue weighted by Gasteiger charge is 2.21. The van der Waals surface area contributed by atoms with Crippen molar-refractivity contribution in [3.05, 3.63) is 71.8 Å². The van der Waals surface area contributed by atoms with Crippen LogP contribution in [-0.4, -0.2) is 47.8 Å². The molecule has 2 aromatic heterocycles. The maximum Gasteiger partial charge on any atom is 0.337 e. The van der Waals surface area contributed by atoms with Crippen molar-refractivity contribution in [2.45, 2.75) is 20.3 Å². The molecule has 0 amide bonds. The normalized spacial score (nSPS) is 11.1. The predicted octanol–water partition coefficient (Wildman–Crippen LogP) is 4.70. The van der Waals surface area contributed by atoms with E-state index >= 15 is 0 Å². The predicted molar refractivity (Wildman–Crippen MR) is 130 cm³/mol. The van der Waals surface area contributed by atoms with Crippen molar-refractivity contribution in [2.24, 2.45) is 0 Å². The number of aromatic amines is 1. The highest BCUT2D eigenvalue weighted by Crippen LogP contribution is 2.33. The summed E-state index contributed by atoms with van der Waals surface area (Å²) in [5.74, 6) is 0.153. The van der Waals surface area contributed by atoms with E-state index in [1.807, 2.05) is 60.0 Å². The van der Waals surface area contributed by atoms with Crippen molar-refractivity contribution in [1.29, 1.82) is 0 Å². The quantitative estimate of drug-likeness (QED) is 0.326. The molecule has 0 bridgehead atoms. The number of rotatable bonds is 7. The molecule has 0 saturated heterocycles. The lowest BCUT2D eigenvalue weighted by molar-refractivity contribution is 0.0698. The van der Waals surface area contributed by atoms with Gasteiger partial charge in [0.2, 0.25) is 11.8 Å². The number of imidazole rings is 1. The number of hydrogen-bond donors (Lipinski definition) is 3. The Bertz CT molecular complexity index is 1470. The molecule has 0 unspecified atom stereocenters. The number of hydrogen-bond acceptors (Lipinski definition) is 6. The highest BCUT2D eigenvalue weighted by molar-refractivity contribution is 6.03. The summed E-state index contributed by atoms with van der Waals surface area (Å²) in [5.41, 5.74) is 6.01. The van der Waals surface area contributed by atoms with E-state index in [9.17, 15) is 9.90 Å². The Labute approximate surface area is 195 Å². The molecular formula is C25H23N7O2. The zero-order valence-corrected chi connectivity index (χ0v) is 18.8. The van der Waals surface area contributed by atoms with Crippen molar-refractivity contribution < 1.29 is 9.90 Å². The number of carboxylic acids is 1. The first-order chi connectivity index (χ1) is 16.6. The smallest absolute Gasteiger partial charge is 0.337 e. The third kappa shape index (κ3) is 3.66. The fraction of sp³-hybridized carbons (Fsp3) is 0.160. The van der Waals surface area contributed by atoms with Crippen LogP contribution in [0, 0.1) is 6.92 Å². The second-order valence-corrected chi connectivity index (χ2v) is 7.96. The Kier molecular flexibility index (Phi) is 5.51. The maximum atomic E-state index is 12.0. The molecule has 2 heterocycles. The van der Waals surface area contributed by atoms with Gasteiger partial charge in [0.1, 0.15) is 0 Å². The highest BCUT2D eigenvalue weighted by atomic mass is 16.4. The summed E-state index contributed by atoms with van der Waals surface area (Å²) in [4.78, 5) is 16.8. The van der Waals surface area contributed by atoms with Crippen LogP contribution in [0.5, 0.6) is 0 Å². The van der Waals surface area contributed by atoms with Gasteiger partial charge in [-0.05, 0) is 53.4 Å². The van der Waals surface area contributed by atoms with Crippen LogP contribution >= 0.6 is 0 Å². The van der Waals surface area contributed by atoms with Crippen molar-refractivity contribution >= 4 is 23.0 Å². The minimum Gasteiger partial charge on any atom is -0.478 e. The minimum atomic E-state index is -0.987. The molecule has 0 spiro atoms. The van der Waals surface area contributed by atoms with Crippen LogP contribution < -0.4 is 5.32 Å². The molecule has 34 heavy (non-hydrogen) atoms. The van der Waals surface area contributed by atoms with Crippen molar-refractivity contribution in [3.8, 4) is 28.2 Å². The average Bonchev–Trinajstić information content (AvgIpc) is 3.52. The van der Waals surface area contributed by atoms with E-state index in [1.54, 1.807) is 12.1 Å². The number of aromatic nitrogens is 6. The van der Waals surface area contributed by atoms with Gasteiger partial charge >= 0.3 is 5.97 Å². The molecule has 3 N–H and O–H groups in total. The van der Waals surface area contributed by atoms with E-state index in [0.717, 1.165) is 40.9 Å². The number of aryl methyl sites for hydroxylation is 1. The van der Waals surface area contributed by atoms with Crippen LogP contribution in [0.1, 0.15) is 29.3 Å². The standard InChI is InChI=1S/C25H23N7O2/c1-3-14-26-25-27-21-15(2)8-13-20(24(33)34)22(21)32(25)17-11-9-16(10-12-17)18-6-4-5-7-19(18)23-28-30-31-29-23/h4-13H,3,14H2,1-2H3,(H,26,27)(H,33,34)(H,28,29,30,31). The molecule has 0 atom stereocenters. The number of carbonyl (C=O) groups is 1.